The number of imidazole rings is 1. The summed E-state index contributed by atoms with van der Waals surface area (Å²) in [5.41, 5.74) is 7.93. The Morgan fingerprint density at radius 2 is 2.17 bits per heavy atom. The van der Waals surface area contributed by atoms with Gasteiger partial charge in [0, 0.05) is 0 Å². The summed E-state index contributed by atoms with van der Waals surface area (Å²) in [6.45, 7) is 0.117. The third kappa shape index (κ3) is 2.57. The third-order valence-corrected chi connectivity index (χ3v) is 2.75. The first-order chi connectivity index (χ1) is 8.72. The first kappa shape index (κ1) is 12.3. The summed E-state index contributed by atoms with van der Waals surface area (Å²) < 4.78 is 6.33. The van der Waals surface area contributed by atoms with E-state index in [-0.39, 0.29) is 18.6 Å². The van der Waals surface area contributed by atoms with E-state index in [0.29, 0.717) is 0 Å². The Morgan fingerprint density at radius 3 is 2.83 bits per heavy atom. The van der Waals surface area contributed by atoms with E-state index in [4.69, 9.17) is 5.73 Å². The van der Waals surface area contributed by atoms with Gasteiger partial charge in [-0.05, 0) is 5.56 Å². The molecule has 0 saturated heterocycles. The minimum absolute atomic E-state index is 0.117. The fourth-order valence-corrected chi connectivity index (χ4v) is 1.76. The van der Waals surface area contributed by atoms with Gasteiger partial charge < -0.3 is 15.0 Å². The zero-order valence-electron chi connectivity index (χ0n) is 10.1. The van der Waals surface area contributed by atoms with Crippen LogP contribution >= 0.6 is 0 Å². The summed E-state index contributed by atoms with van der Waals surface area (Å²) in [5.74, 6) is -0.325. The second kappa shape index (κ2) is 5.46. The molecular weight excluding hydrogens is 230 g/mol. The molecule has 5 heteroatoms. The first-order valence-corrected chi connectivity index (χ1v) is 5.59. The van der Waals surface area contributed by atoms with Crippen LogP contribution in [-0.2, 0) is 16.1 Å². The summed E-state index contributed by atoms with van der Waals surface area (Å²) in [5, 5.41) is 0. The molecule has 0 radical (unpaired) electrons. The molecule has 2 N–H and O–H groups in total. The summed E-state index contributed by atoms with van der Waals surface area (Å²) in [4.78, 5) is 15.3. The highest BCUT2D eigenvalue weighted by Gasteiger charge is 2.15. The lowest BCUT2D eigenvalue weighted by Gasteiger charge is -2.14. The van der Waals surface area contributed by atoms with Gasteiger partial charge in [-0.25, -0.2) is 4.98 Å². The molecule has 1 aromatic carbocycles. The SMILES string of the molecule is COC(=O)Cn1cncc1C(N)c1ccccc1. The van der Waals surface area contributed by atoms with Gasteiger partial charge in [-0.3, -0.25) is 4.79 Å². The minimum atomic E-state index is -0.325. The predicted molar refractivity (Wildman–Crippen MR) is 66.7 cm³/mol. The molecule has 94 valence electrons. The minimum Gasteiger partial charge on any atom is -0.468 e. The number of hydrogen-bond acceptors (Lipinski definition) is 4. The van der Waals surface area contributed by atoms with Crippen LogP contribution in [0.4, 0.5) is 0 Å². The fraction of sp³-hybridized carbons (Fsp3) is 0.231. The first-order valence-electron chi connectivity index (χ1n) is 5.59. The molecule has 0 spiro atoms. The van der Waals surface area contributed by atoms with Gasteiger partial charge in [0.25, 0.3) is 0 Å². The smallest absolute Gasteiger partial charge is 0.325 e. The van der Waals surface area contributed by atoms with Crippen molar-refractivity contribution in [2.45, 2.75) is 12.6 Å². The molecule has 5 nitrogen and oxygen atoms in total. The predicted octanol–water partition coefficient (Wildman–Crippen LogP) is 1.10. The fourth-order valence-electron chi connectivity index (χ4n) is 1.76. The zero-order valence-corrected chi connectivity index (χ0v) is 10.1. The topological polar surface area (TPSA) is 70.1 Å². The second-order valence-electron chi connectivity index (χ2n) is 3.91. The van der Waals surface area contributed by atoms with Gasteiger partial charge in [-0.15, -0.1) is 0 Å². The zero-order chi connectivity index (χ0) is 13.0. The molecule has 0 aliphatic carbocycles. The maximum absolute atomic E-state index is 11.3. The van der Waals surface area contributed by atoms with E-state index in [1.807, 2.05) is 30.3 Å². The molecule has 0 bridgehead atoms. The number of ether oxygens (including phenoxy) is 1. The molecule has 1 unspecified atom stereocenters. The van der Waals surface area contributed by atoms with Crippen LogP contribution in [0.3, 0.4) is 0 Å². The maximum atomic E-state index is 11.3. The Labute approximate surface area is 105 Å². The van der Waals surface area contributed by atoms with E-state index in [9.17, 15) is 4.79 Å². The van der Waals surface area contributed by atoms with E-state index >= 15 is 0 Å². The van der Waals surface area contributed by atoms with Crippen molar-refractivity contribution in [3.8, 4) is 0 Å². The van der Waals surface area contributed by atoms with Gasteiger partial charge >= 0.3 is 5.97 Å². The largest absolute Gasteiger partial charge is 0.468 e. The number of nitrogens with two attached hydrogens (primary N) is 1. The van der Waals surface area contributed by atoms with Crippen molar-refractivity contribution in [2.24, 2.45) is 5.73 Å². The summed E-state index contributed by atoms with van der Waals surface area (Å²) >= 11 is 0. The summed E-state index contributed by atoms with van der Waals surface area (Å²) in [6.07, 6.45) is 3.25. The van der Waals surface area contributed by atoms with E-state index < -0.39 is 0 Å². The maximum Gasteiger partial charge on any atom is 0.325 e. The lowest BCUT2D eigenvalue weighted by Crippen LogP contribution is -2.19. The Balaban J connectivity index is 2.24. The number of carbonyl (C=O) groups is 1. The van der Waals surface area contributed by atoms with Crippen LogP contribution in [0.2, 0.25) is 0 Å². The average Bonchev–Trinajstić information content (AvgIpc) is 2.86. The van der Waals surface area contributed by atoms with Crippen LogP contribution in [0.5, 0.6) is 0 Å². The standard InChI is InChI=1S/C13H15N3O2/c1-18-12(17)8-16-9-15-7-11(16)13(14)10-5-3-2-4-6-10/h2-7,9,13H,8,14H2,1H3. The van der Waals surface area contributed by atoms with Crippen molar-refractivity contribution in [3.63, 3.8) is 0 Å². The van der Waals surface area contributed by atoms with Gasteiger partial charge in [-0.1, -0.05) is 30.3 Å². The Morgan fingerprint density at radius 1 is 1.44 bits per heavy atom. The second-order valence-corrected chi connectivity index (χ2v) is 3.91. The van der Waals surface area contributed by atoms with Crippen molar-refractivity contribution in [3.05, 3.63) is 54.1 Å². The average molecular weight is 245 g/mol. The molecule has 1 atom stereocenters. The Hall–Kier alpha value is -2.14. The van der Waals surface area contributed by atoms with Crippen LogP contribution in [-0.4, -0.2) is 22.6 Å². The van der Waals surface area contributed by atoms with E-state index in [2.05, 4.69) is 9.72 Å². The molecule has 1 aromatic heterocycles. The number of nitrogens with zero attached hydrogens (tertiary/aromatic N) is 2. The van der Waals surface area contributed by atoms with Gasteiger partial charge in [0.2, 0.25) is 0 Å². The quantitative estimate of drug-likeness (QED) is 0.819. The lowest BCUT2D eigenvalue weighted by molar-refractivity contribution is -0.141. The molecule has 18 heavy (non-hydrogen) atoms. The van der Waals surface area contributed by atoms with Gasteiger partial charge in [0.1, 0.15) is 6.54 Å². The van der Waals surface area contributed by atoms with Gasteiger partial charge in [0.05, 0.1) is 31.4 Å². The molecule has 0 amide bonds. The van der Waals surface area contributed by atoms with Crippen molar-refractivity contribution < 1.29 is 9.53 Å². The van der Waals surface area contributed by atoms with Gasteiger partial charge in [0.15, 0.2) is 0 Å². The van der Waals surface area contributed by atoms with Gasteiger partial charge in [-0.2, -0.15) is 0 Å². The normalized spacial score (nSPS) is 12.1. The molecule has 0 saturated carbocycles. The van der Waals surface area contributed by atoms with Crippen molar-refractivity contribution in [2.75, 3.05) is 7.11 Å². The number of carbonyl (C=O) groups excluding carboxylic acids is 1. The number of hydrogen-bond donors (Lipinski definition) is 1. The number of rotatable bonds is 4. The number of benzene rings is 1. The molecule has 0 aliphatic heterocycles. The molecule has 1 heterocycles. The van der Waals surface area contributed by atoms with Crippen LogP contribution in [0.15, 0.2) is 42.9 Å². The Kier molecular flexibility index (Phi) is 3.74. The summed E-state index contributed by atoms with van der Waals surface area (Å²) in [6, 6.07) is 9.37. The van der Waals surface area contributed by atoms with E-state index in [0.717, 1.165) is 11.3 Å². The highest BCUT2D eigenvalue weighted by Crippen LogP contribution is 2.18. The number of methoxy groups -OCH3 is 1. The third-order valence-electron chi connectivity index (χ3n) is 2.75. The molecule has 2 aromatic rings. The highest BCUT2D eigenvalue weighted by atomic mass is 16.5. The van der Waals surface area contributed by atoms with Crippen LogP contribution in [0, 0.1) is 0 Å². The van der Waals surface area contributed by atoms with Crippen LogP contribution in [0.25, 0.3) is 0 Å². The van der Waals surface area contributed by atoms with Crippen LogP contribution < -0.4 is 5.73 Å². The Bertz CT molecular complexity index is 522. The van der Waals surface area contributed by atoms with Crippen molar-refractivity contribution >= 4 is 5.97 Å². The molecular formula is C13H15N3O2. The van der Waals surface area contributed by atoms with E-state index in [1.54, 1.807) is 17.1 Å². The number of esters is 1. The van der Waals surface area contributed by atoms with Crippen molar-refractivity contribution in [1.82, 2.24) is 9.55 Å². The monoisotopic (exact) mass is 245 g/mol. The number of aromatic nitrogens is 2. The molecule has 0 aliphatic rings. The van der Waals surface area contributed by atoms with Crippen LogP contribution in [0.1, 0.15) is 17.3 Å². The molecule has 0 fully saturated rings. The summed E-state index contributed by atoms with van der Waals surface area (Å²) in [7, 11) is 1.36. The molecule has 2 rings (SSSR count). The lowest BCUT2D eigenvalue weighted by atomic mass is 10.1. The highest BCUT2D eigenvalue weighted by molar-refractivity contribution is 5.69. The van der Waals surface area contributed by atoms with Crippen molar-refractivity contribution in [1.29, 1.82) is 0 Å². The van der Waals surface area contributed by atoms with E-state index in [1.165, 1.54) is 7.11 Å².